The van der Waals surface area contributed by atoms with Crippen molar-refractivity contribution in [1.82, 2.24) is 5.32 Å². The lowest BCUT2D eigenvalue weighted by atomic mass is 9.72. The molecule has 5 heteroatoms. The van der Waals surface area contributed by atoms with E-state index in [9.17, 15) is 4.39 Å². The van der Waals surface area contributed by atoms with Crippen LogP contribution in [0, 0.1) is 5.82 Å². The van der Waals surface area contributed by atoms with Gasteiger partial charge in [0.05, 0.1) is 19.8 Å². The van der Waals surface area contributed by atoms with E-state index >= 15 is 0 Å². The Balaban J connectivity index is 0.00000225. The first-order valence-electron chi connectivity index (χ1n) is 8.34. The first kappa shape index (κ1) is 19.7. The quantitative estimate of drug-likeness (QED) is 0.875. The Morgan fingerprint density at radius 3 is 2.64 bits per heavy atom. The van der Waals surface area contributed by atoms with Crippen LogP contribution in [0.4, 0.5) is 4.39 Å². The van der Waals surface area contributed by atoms with Gasteiger partial charge in [0, 0.05) is 18.5 Å². The van der Waals surface area contributed by atoms with Crippen LogP contribution in [0.5, 0.6) is 5.75 Å². The Bertz CT molecular complexity index is 677. The zero-order valence-corrected chi connectivity index (χ0v) is 15.4. The van der Waals surface area contributed by atoms with Crippen molar-refractivity contribution in [3.05, 3.63) is 65.5 Å². The average Bonchev–Trinajstić information content (AvgIpc) is 2.63. The van der Waals surface area contributed by atoms with Crippen molar-refractivity contribution in [3.8, 4) is 5.75 Å². The van der Waals surface area contributed by atoms with Crippen molar-refractivity contribution in [2.75, 3.05) is 26.8 Å². The molecule has 0 aliphatic carbocycles. The minimum atomic E-state index is -0.282. The van der Waals surface area contributed by atoms with Crippen molar-refractivity contribution in [1.29, 1.82) is 0 Å². The molecule has 1 fully saturated rings. The number of morpholine rings is 1. The van der Waals surface area contributed by atoms with Crippen LogP contribution in [0.25, 0.3) is 0 Å². The maximum atomic E-state index is 13.8. The number of benzene rings is 2. The zero-order valence-electron chi connectivity index (χ0n) is 14.6. The lowest BCUT2D eigenvalue weighted by molar-refractivity contribution is -0.0196. The van der Waals surface area contributed by atoms with E-state index in [0.717, 1.165) is 18.7 Å². The molecule has 1 aliphatic heterocycles. The summed E-state index contributed by atoms with van der Waals surface area (Å²) in [4.78, 5) is 0. The van der Waals surface area contributed by atoms with Gasteiger partial charge < -0.3 is 14.8 Å². The Kier molecular flexibility index (Phi) is 6.82. The summed E-state index contributed by atoms with van der Waals surface area (Å²) in [6.07, 6.45) is 0.659. The number of halogens is 2. The van der Waals surface area contributed by atoms with Gasteiger partial charge in [-0.25, -0.2) is 4.39 Å². The number of methoxy groups -OCH3 is 1. The van der Waals surface area contributed by atoms with E-state index in [1.807, 2.05) is 18.2 Å². The number of hydrogen-bond donors (Lipinski definition) is 1. The largest absolute Gasteiger partial charge is 0.496 e. The van der Waals surface area contributed by atoms with Crippen LogP contribution in [0.1, 0.15) is 18.1 Å². The summed E-state index contributed by atoms with van der Waals surface area (Å²) in [5, 5.41) is 3.41. The van der Waals surface area contributed by atoms with Gasteiger partial charge >= 0.3 is 0 Å². The summed E-state index contributed by atoms with van der Waals surface area (Å²) in [6, 6.07) is 15.0. The minimum Gasteiger partial charge on any atom is -0.496 e. The molecule has 0 aromatic heterocycles. The third kappa shape index (κ3) is 4.32. The van der Waals surface area contributed by atoms with E-state index in [1.54, 1.807) is 19.2 Å². The second kappa shape index (κ2) is 8.65. The molecule has 25 heavy (non-hydrogen) atoms. The van der Waals surface area contributed by atoms with E-state index < -0.39 is 0 Å². The molecular formula is C20H25ClFNO2. The zero-order chi connectivity index (χ0) is 17.0. The Labute approximate surface area is 154 Å². The Hall–Kier alpha value is -1.62. The van der Waals surface area contributed by atoms with Gasteiger partial charge in [-0.15, -0.1) is 12.4 Å². The van der Waals surface area contributed by atoms with Crippen LogP contribution in [-0.4, -0.2) is 32.9 Å². The summed E-state index contributed by atoms with van der Waals surface area (Å²) < 4.78 is 25.3. The summed E-state index contributed by atoms with van der Waals surface area (Å²) in [7, 11) is 1.62. The molecule has 2 atom stereocenters. The molecule has 136 valence electrons. The fourth-order valence-electron chi connectivity index (χ4n) is 3.48. The predicted octanol–water partition coefficient (Wildman–Crippen LogP) is 3.74. The highest BCUT2D eigenvalue weighted by Crippen LogP contribution is 2.36. The van der Waals surface area contributed by atoms with Crippen molar-refractivity contribution in [2.45, 2.75) is 24.9 Å². The first-order chi connectivity index (χ1) is 11.6. The highest BCUT2D eigenvalue weighted by atomic mass is 35.5. The van der Waals surface area contributed by atoms with Gasteiger partial charge in [0.2, 0.25) is 0 Å². The van der Waals surface area contributed by atoms with Crippen LogP contribution >= 0.6 is 12.4 Å². The van der Waals surface area contributed by atoms with Crippen LogP contribution in [-0.2, 0) is 16.6 Å². The molecule has 2 aromatic carbocycles. The van der Waals surface area contributed by atoms with Gasteiger partial charge in [-0.1, -0.05) is 37.3 Å². The molecule has 0 amide bonds. The molecule has 0 bridgehead atoms. The lowest BCUT2D eigenvalue weighted by Crippen LogP contribution is -2.51. The van der Waals surface area contributed by atoms with Gasteiger partial charge in [-0.05, 0) is 35.7 Å². The molecule has 3 rings (SSSR count). The summed E-state index contributed by atoms with van der Waals surface area (Å²) in [5.41, 5.74) is 1.76. The van der Waals surface area contributed by atoms with Crippen molar-refractivity contribution < 1.29 is 13.9 Å². The SMILES string of the molecule is COc1ccc(F)cc1CC(C)(c1ccccc1)C1CNCCO1.Cl. The predicted molar refractivity (Wildman–Crippen MR) is 100 cm³/mol. The van der Waals surface area contributed by atoms with Crippen LogP contribution in [0.15, 0.2) is 48.5 Å². The fourth-order valence-corrected chi connectivity index (χ4v) is 3.48. The maximum absolute atomic E-state index is 13.8. The van der Waals surface area contributed by atoms with Crippen molar-refractivity contribution >= 4 is 12.4 Å². The second-order valence-corrected chi connectivity index (χ2v) is 6.48. The molecule has 0 saturated carbocycles. The normalized spacial score (nSPS) is 19.6. The van der Waals surface area contributed by atoms with Crippen LogP contribution in [0.3, 0.4) is 0 Å². The summed E-state index contributed by atoms with van der Waals surface area (Å²) >= 11 is 0. The van der Waals surface area contributed by atoms with Crippen LogP contribution in [0.2, 0.25) is 0 Å². The van der Waals surface area contributed by atoms with Crippen molar-refractivity contribution in [2.24, 2.45) is 0 Å². The Morgan fingerprint density at radius 2 is 2.00 bits per heavy atom. The fraction of sp³-hybridized carbons (Fsp3) is 0.400. The molecule has 3 nitrogen and oxygen atoms in total. The average molecular weight is 366 g/mol. The van der Waals surface area contributed by atoms with Gasteiger partial charge in [0.25, 0.3) is 0 Å². The van der Waals surface area contributed by atoms with Crippen LogP contribution < -0.4 is 10.1 Å². The third-order valence-corrected chi connectivity index (χ3v) is 4.87. The van der Waals surface area contributed by atoms with Gasteiger partial charge in [0.15, 0.2) is 0 Å². The van der Waals surface area contributed by atoms with E-state index in [-0.39, 0.29) is 29.7 Å². The third-order valence-electron chi connectivity index (χ3n) is 4.87. The summed E-state index contributed by atoms with van der Waals surface area (Å²) in [6.45, 7) is 4.52. The topological polar surface area (TPSA) is 30.5 Å². The van der Waals surface area contributed by atoms with E-state index in [1.165, 1.54) is 11.6 Å². The monoisotopic (exact) mass is 365 g/mol. The number of ether oxygens (including phenoxy) is 2. The lowest BCUT2D eigenvalue weighted by Gasteiger charge is -2.40. The molecule has 2 unspecified atom stereocenters. The minimum absolute atomic E-state index is 0. The van der Waals surface area contributed by atoms with E-state index in [4.69, 9.17) is 9.47 Å². The highest BCUT2D eigenvalue weighted by Gasteiger charge is 2.38. The molecular weight excluding hydrogens is 341 g/mol. The van der Waals surface area contributed by atoms with Gasteiger partial charge in [-0.3, -0.25) is 0 Å². The van der Waals surface area contributed by atoms with Gasteiger partial charge in [0.1, 0.15) is 11.6 Å². The molecule has 1 heterocycles. The standard InChI is InChI=1S/C20H24FNO2.ClH/c1-20(16-6-4-3-5-7-16,19-14-22-10-11-24-19)13-15-12-17(21)8-9-18(15)23-2;/h3-9,12,19,22H,10-11,13-14H2,1-2H3;1H. The second-order valence-electron chi connectivity index (χ2n) is 6.48. The first-order valence-corrected chi connectivity index (χ1v) is 8.34. The number of hydrogen-bond acceptors (Lipinski definition) is 3. The molecule has 0 spiro atoms. The van der Waals surface area contributed by atoms with Crippen molar-refractivity contribution in [3.63, 3.8) is 0 Å². The molecule has 1 saturated heterocycles. The maximum Gasteiger partial charge on any atom is 0.123 e. The van der Waals surface area contributed by atoms with E-state index in [2.05, 4.69) is 24.4 Å². The molecule has 2 aromatic rings. The number of rotatable bonds is 5. The molecule has 1 N–H and O–H groups in total. The highest BCUT2D eigenvalue weighted by molar-refractivity contribution is 5.85. The Morgan fingerprint density at radius 1 is 1.24 bits per heavy atom. The smallest absolute Gasteiger partial charge is 0.123 e. The van der Waals surface area contributed by atoms with E-state index in [0.29, 0.717) is 18.8 Å². The number of nitrogens with one attached hydrogen (secondary N) is 1. The van der Waals surface area contributed by atoms with Gasteiger partial charge in [-0.2, -0.15) is 0 Å². The summed E-state index contributed by atoms with van der Waals surface area (Å²) in [5.74, 6) is 0.464. The molecule has 0 radical (unpaired) electrons. The molecule has 1 aliphatic rings.